The van der Waals surface area contributed by atoms with Crippen LogP contribution in [0.3, 0.4) is 0 Å². The molecule has 0 atom stereocenters. The first kappa shape index (κ1) is 21.2. The van der Waals surface area contributed by atoms with E-state index in [1.807, 2.05) is 24.3 Å². The van der Waals surface area contributed by atoms with Crippen LogP contribution in [0.5, 0.6) is 0 Å². The number of nitrogens with one attached hydrogen (secondary N) is 1. The van der Waals surface area contributed by atoms with Gasteiger partial charge in [-0.15, -0.1) is 0 Å². The number of benzene rings is 2. The minimum Gasteiger partial charge on any atom is -0.462 e. The van der Waals surface area contributed by atoms with Gasteiger partial charge in [0.15, 0.2) is 0 Å². The summed E-state index contributed by atoms with van der Waals surface area (Å²) in [5.41, 5.74) is 2.79. The van der Waals surface area contributed by atoms with E-state index in [0.717, 1.165) is 0 Å². The molecule has 0 aromatic heterocycles. The molecule has 6 nitrogen and oxygen atoms in total. The van der Waals surface area contributed by atoms with E-state index in [1.165, 1.54) is 17.4 Å². The molecular formula is C22H26N2O4. The van der Waals surface area contributed by atoms with Gasteiger partial charge < -0.3 is 15.0 Å². The zero-order valence-corrected chi connectivity index (χ0v) is 16.7. The van der Waals surface area contributed by atoms with E-state index in [4.69, 9.17) is 4.74 Å². The number of amides is 2. The normalized spacial score (nSPS) is 10.5. The molecule has 28 heavy (non-hydrogen) atoms. The summed E-state index contributed by atoms with van der Waals surface area (Å²) in [6, 6.07) is 14.0. The number of anilines is 2. The molecule has 0 fully saturated rings. The highest BCUT2D eigenvalue weighted by atomic mass is 16.5. The predicted molar refractivity (Wildman–Crippen MR) is 110 cm³/mol. The van der Waals surface area contributed by atoms with E-state index in [9.17, 15) is 14.4 Å². The molecule has 0 spiro atoms. The second-order valence-corrected chi connectivity index (χ2v) is 6.70. The van der Waals surface area contributed by atoms with Crippen LogP contribution in [0.2, 0.25) is 0 Å². The molecule has 0 aliphatic rings. The molecule has 0 saturated heterocycles. The summed E-state index contributed by atoms with van der Waals surface area (Å²) in [5.74, 6) is -0.564. The average molecular weight is 382 g/mol. The second kappa shape index (κ2) is 9.69. The second-order valence-electron chi connectivity index (χ2n) is 6.70. The van der Waals surface area contributed by atoms with Crippen LogP contribution in [0, 0.1) is 0 Å². The molecule has 0 aliphatic heterocycles. The van der Waals surface area contributed by atoms with Gasteiger partial charge in [-0.1, -0.05) is 26.0 Å². The van der Waals surface area contributed by atoms with Crippen molar-refractivity contribution in [3.63, 3.8) is 0 Å². The van der Waals surface area contributed by atoms with E-state index in [1.54, 1.807) is 31.2 Å². The monoisotopic (exact) mass is 382 g/mol. The average Bonchev–Trinajstić information content (AvgIpc) is 2.66. The molecular weight excluding hydrogens is 356 g/mol. The fraction of sp³-hybridized carbons (Fsp3) is 0.318. The minimum absolute atomic E-state index is 0.101. The fourth-order valence-electron chi connectivity index (χ4n) is 2.67. The van der Waals surface area contributed by atoms with Crippen LogP contribution in [-0.2, 0) is 14.3 Å². The van der Waals surface area contributed by atoms with Crippen molar-refractivity contribution < 1.29 is 19.1 Å². The molecule has 0 aliphatic carbocycles. The lowest BCUT2D eigenvalue weighted by Gasteiger charge is -2.21. The van der Waals surface area contributed by atoms with Crippen LogP contribution >= 0.6 is 0 Å². The number of ether oxygens (including phenoxy) is 1. The van der Waals surface area contributed by atoms with Gasteiger partial charge in [-0.3, -0.25) is 9.59 Å². The Morgan fingerprint density at radius 2 is 1.61 bits per heavy atom. The molecule has 2 rings (SSSR count). The first-order chi connectivity index (χ1) is 13.3. The zero-order chi connectivity index (χ0) is 20.7. The Morgan fingerprint density at radius 1 is 1.00 bits per heavy atom. The van der Waals surface area contributed by atoms with Crippen LogP contribution in [-0.4, -0.2) is 30.9 Å². The topological polar surface area (TPSA) is 75.7 Å². The molecule has 0 heterocycles. The lowest BCUT2D eigenvalue weighted by Crippen LogP contribution is -2.36. The Morgan fingerprint density at radius 3 is 2.11 bits per heavy atom. The van der Waals surface area contributed by atoms with Gasteiger partial charge in [-0.05, 0) is 54.8 Å². The van der Waals surface area contributed by atoms with Gasteiger partial charge in [0.1, 0.15) is 6.54 Å². The Balaban J connectivity index is 2.04. The number of carbonyl (C=O) groups excluding carboxylic acids is 3. The number of nitrogens with zero attached hydrogens (tertiary/aromatic N) is 1. The minimum atomic E-state index is -0.409. The molecule has 0 bridgehead atoms. The van der Waals surface area contributed by atoms with Crippen LogP contribution in [0.1, 0.15) is 49.5 Å². The van der Waals surface area contributed by atoms with Gasteiger partial charge in [0.25, 0.3) is 0 Å². The maximum absolute atomic E-state index is 12.4. The molecule has 1 N–H and O–H groups in total. The van der Waals surface area contributed by atoms with Crippen molar-refractivity contribution >= 4 is 29.2 Å². The van der Waals surface area contributed by atoms with Crippen LogP contribution in [0.15, 0.2) is 48.5 Å². The number of hydrogen-bond acceptors (Lipinski definition) is 4. The first-order valence-electron chi connectivity index (χ1n) is 9.27. The SMILES string of the molecule is CCOC(=O)c1ccc(NC(=O)CN(C(C)=O)c2ccc(C(C)C)cc2)cc1. The number of rotatable bonds is 7. The molecule has 2 aromatic carbocycles. The van der Waals surface area contributed by atoms with Crippen molar-refractivity contribution in [1.82, 2.24) is 0 Å². The number of hydrogen-bond donors (Lipinski definition) is 1. The summed E-state index contributed by atoms with van der Waals surface area (Å²) in [6.07, 6.45) is 0. The summed E-state index contributed by atoms with van der Waals surface area (Å²) < 4.78 is 4.93. The molecule has 0 unspecified atom stereocenters. The van der Waals surface area contributed by atoms with Crippen LogP contribution in [0.25, 0.3) is 0 Å². The van der Waals surface area contributed by atoms with Crippen molar-refractivity contribution in [2.24, 2.45) is 0 Å². The molecule has 2 amide bonds. The highest BCUT2D eigenvalue weighted by Gasteiger charge is 2.16. The van der Waals surface area contributed by atoms with Gasteiger partial charge >= 0.3 is 5.97 Å². The summed E-state index contributed by atoms with van der Waals surface area (Å²) in [5, 5.41) is 2.74. The number of carbonyl (C=O) groups is 3. The highest BCUT2D eigenvalue weighted by Crippen LogP contribution is 2.20. The number of esters is 1. The Kier molecular flexibility index (Phi) is 7.32. The predicted octanol–water partition coefficient (Wildman–Crippen LogP) is 3.98. The van der Waals surface area contributed by atoms with Gasteiger partial charge in [0.2, 0.25) is 11.8 Å². The Hall–Kier alpha value is -3.15. The van der Waals surface area contributed by atoms with Crippen molar-refractivity contribution in [3.05, 3.63) is 59.7 Å². The molecule has 2 aromatic rings. The molecule has 148 valence electrons. The molecule has 0 radical (unpaired) electrons. The lowest BCUT2D eigenvalue weighted by molar-refractivity contribution is -0.120. The zero-order valence-electron chi connectivity index (χ0n) is 16.7. The summed E-state index contributed by atoms with van der Waals surface area (Å²) in [7, 11) is 0. The lowest BCUT2D eigenvalue weighted by atomic mass is 10.0. The third-order valence-electron chi connectivity index (χ3n) is 4.23. The maximum atomic E-state index is 12.4. The van der Waals surface area contributed by atoms with E-state index in [2.05, 4.69) is 19.2 Å². The van der Waals surface area contributed by atoms with Crippen molar-refractivity contribution in [2.45, 2.75) is 33.6 Å². The molecule has 6 heteroatoms. The van der Waals surface area contributed by atoms with Crippen molar-refractivity contribution in [3.8, 4) is 0 Å². The third kappa shape index (κ3) is 5.67. The highest BCUT2D eigenvalue weighted by molar-refractivity contribution is 6.02. The van der Waals surface area contributed by atoms with Gasteiger partial charge in [-0.25, -0.2) is 4.79 Å². The third-order valence-corrected chi connectivity index (χ3v) is 4.23. The smallest absolute Gasteiger partial charge is 0.338 e. The van der Waals surface area contributed by atoms with Gasteiger partial charge in [-0.2, -0.15) is 0 Å². The van der Waals surface area contributed by atoms with E-state index in [0.29, 0.717) is 29.5 Å². The van der Waals surface area contributed by atoms with Crippen molar-refractivity contribution in [1.29, 1.82) is 0 Å². The standard InChI is InChI=1S/C22H26N2O4/c1-5-28-22(27)18-6-10-19(11-7-18)23-21(26)14-24(16(4)25)20-12-8-17(9-13-20)15(2)3/h6-13,15H,5,14H2,1-4H3,(H,23,26). The summed E-state index contributed by atoms with van der Waals surface area (Å²) in [4.78, 5) is 37.5. The Labute approximate surface area is 165 Å². The quantitative estimate of drug-likeness (QED) is 0.735. The van der Waals surface area contributed by atoms with Gasteiger partial charge in [0.05, 0.1) is 12.2 Å². The van der Waals surface area contributed by atoms with Crippen LogP contribution in [0.4, 0.5) is 11.4 Å². The van der Waals surface area contributed by atoms with E-state index in [-0.39, 0.29) is 18.4 Å². The van der Waals surface area contributed by atoms with Gasteiger partial charge in [0, 0.05) is 18.3 Å². The molecule has 0 saturated carbocycles. The summed E-state index contributed by atoms with van der Waals surface area (Å²) >= 11 is 0. The van der Waals surface area contributed by atoms with E-state index >= 15 is 0 Å². The summed E-state index contributed by atoms with van der Waals surface area (Å²) in [6.45, 7) is 7.56. The first-order valence-corrected chi connectivity index (χ1v) is 9.27. The van der Waals surface area contributed by atoms with E-state index < -0.39 is 5.97 Å². The van der Waals surface area contributed by atoms with Crippen molar-refractivity contribution in [2.75, 3.05) is 23.4 Å². The largest absolute Gasteiger partial charge is 0.462 e. The Bertz CT molecular complexity index is 827. The maximum Gasteiger partial charge on any atom is 0.338 e. The van der Waals surface area contributed by atoms with Crippen LogP contribution < -0.4 is 10.2 Å². The fourth-order valence-corrected chi connectivity index (χ4v) is 2.67.